The molecule has 0 radical (unpaired) electrons. The average molecular weight is 223 g/mol. The van der Waals surface area contributed by atoms with E-state index in [-0.39, 0.29) is 5.76 Å². The minimum absolute atomic E-state index is 0.0931. The molecular weight excluding hydrogens is 213 g/mol. The molecule has 84 valence electrons. The molecule has 0 saturated heterocycles. The van der Waals surface area contributed by atoms with Crippen LogP contribution in [0.3, 0.4) is 0 Å². The zero-order valence-corrected chi connectivity index (χ0v) is 8.40. The first-order chi connectivity index (χ1) is 7.75. The van der Waals surface area contributed by atoms with Crippen LogP contribution in [0.1, 0.15) is 0 Å². The van der Waals surface area contributed by atoms with Crippen molar-refractivity contribution in [3.8, 4) is 0 Å². The van der Waals surface area contributed by atoms with Crippen molar-refractivity contribution in [2.24, 2.45) is 0 Å². The number of anilines is 1. The Bertz CT molecular complexity index is 431. The second kappa shape index (κ2) is 4.65. The third-order valence-corrected chi connectivity index (χ3v) is 1.96. The lowest BCUT2D eigenvalue weighted by molar-refractivity contribution is -0.117. The number of hydrogen-bond donors (Lipinski definition) is 1. The smallest absolute Gasteiger partial charge is 0.294 e. The van der Waals surface area contributed by atoms with Crippen molar-refractivity contribution in [3.63, 3.8) is 0 Å². The first-order valence-electron chi connectivity index (χ1n) is 4.77. The third-order valence-electron chi connectivity index (χ3n) is 1.96. The maximum Gasteiger partial charge on any atom is 0.294 e. The lowest BCUT2D eigenvalue weighted by Crippen LogP contribution is -2.21. The van der Waals surface area contributed by atoms with Gasteiger partial charge in [0, 0.05) is 5.69 Å². The zero-order chi connectivity index (χ0) is 11.4. The van der Waals surface area contributed by atoms with Gasteiger partial charge < -0.3 is 14.8 Å². The van der Waals surface area contributed by atoms with Crippen LogP contribution in [-0.2, 0) is 14.3 Å². The van der Waals surface area contributed by atoms with Gasteiger partial charge in [0.2, 0.25) is 5.76 Å². The molecule has 1 amide bonds. The highest BCUT2D eigenvalue weighted by atomic mass is 19.1. The highest BCUT2D eigenvalue weighted by molar-refractivity contribution is 6.02. The predicted molar refractivity (Wildman–Crippen MR) is 55.0 cm³/mol. The van der Waals surface area contributed by atoms with E-state index in [2.05, 4.69) is 5.32 Å². The molecule has 0 bridgehead atoms. The van der Waals surface area contributed by atoms with Gasteiger partial charge in [-0.3, -0.25) is 4.79 Å². The Morgan fingerprint density at radius 3 is 2.94 bits per heavy atom. The van der Waals surface area contributed by atoms with Crippen molar-refractivity contribution in [2.75, 3.05) is 18.5 Å². The predicted octanol–water partition coefficient (Wildman–Crippen LogP) is 1.65. The number of nitrogens with one attached hydrogen (secondary N) is 1. The standard InChI is InChI=1S/C11H10FNO3/c12-8-2-1-3-9(6-8)13-11(14)10-7-15-4-5-16-10/h1-3,6-7H,4-5H2,(H,13,14). The van der Waals surface area contributed by atoms with Crippen molar-refractivity contribution in [2.45, 2.75) is 0 Å². The van der Waals surface area contributed by atoms with Crippen LogP contribution >= 0.6 is 0 Å². The van der Waals surface area contributed by atoms with E-state index in [0.717, 1.165) is 0 Å². The Kier molecular flexibility index (Phi) is 3.05. The molecule has 1 N–H and O–H groups in total. The number of ether oxygens (including phenoxy) is 2. The molecule has 1 aromatic carbocycles. The minimum Gasteiger partial charge on any atom is -0.494 e. The van der Waals surface area contributed by atoms with Crippen LogP contribution in [0.25, 0.3) is 0 Å². The summed E-state index contributed by atoms with van der Waals surface area (Å²) in [6.45, 7) is 0.763. The molecule has 1 aliphatic heterocycles. The molecule has 5 heteroatoms. The van der Waals surface area contributed by atoms with Crippen LogP contribution in [0.5, 0.6) is 0 Å². The Morgan fingerprint density at radius 2 is 2.25 bits per heavy atom. The Morgan fingerprint density at radius 1 is 1.38 bits per heavy atom. The van der Waals surface area contributed by atoms with E-state index >= 15 is 0 Å². The summed E-state index contributed by atoms with van der Waals surface area (Å²) in [4.78, 5) is 11.6. The first kappa shape index (κ1) is 10.5. The van der Waals surface area contributed by atoms with E-state index in [1.165, 1.54) is 24.5 Å². The topological polar surface area (TPSA) is 47.6 Å². The van der Waals surface area contributed by atoms with E-state index in [0.29, 0.717) is 18.9 Å². The molecule has 1 aliphatic rings. The summed E-state index contributed by atoms with van der Waals surface area (Å²) in [5.41, 5.74) is 0.375. The van der Waals surface area contributed by atoms with Gasteiger partial charge in [-0.25, -0.2) is 4.39 Å². The zero-order valence-electron chi connectivity index (χ0n) is 8.40. The van der Waals surface area contributed by atoms with Gasteiger partial charge in [-0.1, -0.05) is 6.07 Å². The summed E-state index contributed by atoms with van der Waals surface area (Å²) < 4.78 is 22.9. The number of benzene rings is 1. The van der Waals surface area contributed by atoms with Crippen LogP contribution in [0.4, 0.5) is 10.1 Å². The molecular formula is C11H10FNO3. The van der Waals surface area contributed by atoms with Crippen LogP contribution in [-0.4, -0.2) is 19.1 Å². The molecule has 0 atom stereocenters. The maximum atomic E-state index is 12.8. The fourth-order valence-corrected chi connectivity index (χ4v) is 1.25. The normalized spacial score (nSPS) is 14.4. The van der Waals surface area contributed by atoms with Gasteiger partial charge in [-0.05, 0) is 18.2 Å². The molecule has 2 rings (SSSR count). The average Bonchev–Trinajstić information content (AvgIpc) is 2.30. The minimum atomic E-state index is -0.453. The van der Waals surface area contributed by atoms with Gasteiger partial charge in [0.25, 0.3) is 5.91 Å². The van der Waals surface area contributed by atoms with Gasteiger partial charge in [-0.15, -0.1) is 0 Å². The third kappa shape index (κ3) is 2.50. The SMILES string of the molecule is O=C(Nc1cccc(F)c1)C1=COCCO1. The maximum absolute atomic E-state index is 12.8. The lowest BCUT2D eigenvalue weighted by atomic mass is 10.3. The number of hydrogen-bond acceptors (Lipinski definition) is 3. The van der Waals surface area contributed by atoms with Crippen molar-refractivity contribution in [1.29, 1.82) is 0 Å². The summed E-state index contributed by atoms with van der Waals surface area (Å²) in [5.74, 6) is -0.770. The second-order valence-electron chi connectivity index (χ2n) is 3.17. The Hall–Kier alpha value is -2.04. The number of rotatable bonds is 2. The molecule has 1 aromatic rings. The molecule has 4 nitrogen and oxygen atoms in total. The molecule has 1 heterocycles. The van der Waals surface area contributed by atoms with Gasteiger partial charge in [0.05, 0.1) is 0 Å². The summed E-state index contributed by atoms with van der Waals surface area (Å²) in [6.07, 6.45) is 1.25. The van der Waals surface area contributed by atoms with E-state index in [9.17, 15) is 9.18 Å². The number of carbonyl (C=O) groups excluding carboxylic acids is 1. The van der Waals surface area contributed by atoms with Crippen LogP contribution < -0.4 is 5.32 Å². The molecule has 16 heavy (non-hydrogen) atoms. The number of carbonyl (C=O) groups is 1. The van der Waals surface area contributed by atoms with E-state index in [4.69, 9.17) is 9.47 Å². The summed E-state index contributed by atoms with van der Waals surface area (Å²) in [6, 6.07) is 5.63. The molecule has 0 aliphatic carbocycles. The monoisotopic (exact) mass is 223 g/mol. The van der Waals surface area contributed by atoms with Crippen molar-refractivity contribution in [1.82, 2.24) is 0 Å². The van der Waals surface area contributed by atoms with Crippen LogP contribution in [0, 0.1) is 5.82 Å². The summed E-state index contributed by atoms with van der Waals surface area (Å²) in [7, 11) is 0. The highest BCUT2D eigenvalue weighted by Gasteiger charge is 2.14. The van der Waals surface area contributed by atoms with Crippen LogP contribution in [0.15, 0.2) is 36.3 Å². The van der Waals surface area contributed by atoms with Crippen molar-refractivity contribution < 1.29 is 18.7 Å². The lowest BCUT2D eigenvalue weighted by Gasteiger charge is -2.14. The van der Waals surface area contributed by atoms with Crippen molar-refractivity contribution >= 4 is 11.6 Å². The molecule has 0 fully saturated rings. The fourth-order valence-electron chi connectivity index (χ4n) is 1.25. The molecule has 0 aromatic heterocycles. The summed E-state index contributed by atoms with van der Waals surface area (Å²) >= 11 is 0. The Balaban J connectivity index is 2.04. The van der Waals surface area contributed by atoms with Gasteiger partial charge in [-0.2, -0.15) is 0 Å². The van der Waals surface area contributed by atoms with Gasteiger partial charge >= 0.3 is 0 Å². The molecule has 0 spiro atoms. The number of halogens is 1. The van der Waals surface area contributed by atoms with E-state index in [1.54, 1.807) is 6.07 Å². The second-order valence-corrected chi connectivity index (χ2v) is 3.17. The summed E-state index contributed by atoms with van der Waals surface area (Å²) in [5, 5.41) is 2.50. The van der Waals surface area contributed by atoms with Gasteiger partial charge in [0.1, 0.15) is 25.3 Å². The Labute approximate surface area is 91.7 Å². The van der Waals surface area contributed by atoms with Crippen molar-refractivity contribution in [3.05, 3.63) is 42.1 Å². The molecule has 0 unspecified atom stereocenters. The van der Waals surface area contributed by atoms with E-state index < -0.39 is 11.7 Å². The van der Waals surface area contributed by atoms with Gasteiger partial charge in [0.15, 0.2) is 0 Å². The first-order valence-corrected chi connectivity index (χ1v) is 4.77. The fraction of sp³-hybridized carbons (Fsp3) is 0.182. The van der Waals surface area contributed by atoms with E-state index in [1.807, 2.05) is 0 Å². The highest BCUT2D eigenvalue weighted by Crippen LogP contribution is 2.12. The molecule has 0 saturated carbocycles. The quantitative estimate of drug-likeness (QED) is 0.829. The van der Waals surface area contributed by atoms with Crippen LogP contribution in [0.2, 0.25) is 0 Å². The number of amides is 1. The largest absolute Gasteiger partial charge is 0.494 e.